The van der Waals surface area contributed by atoms with E-state index in [9.17, 15) is 13.6 Å². The van der Waals surface area contributed by atoms with E-state index >= 15 is 0 Å². The summed E-state index contributed by atoms with van der Waals surface area (Å²) in [5.74, 6) is -2.96. The van der Waals surface area contributed by atoms with E-state index in [4.69, 9.17) is 4.74 Å². The van der Waals surface area contributed by atoms with Gasteiger partial charge >= 0.3 is 0 Å². The average Bonchev–Trinajstić information content (AvgIpc) is 3.12. The molecule has 0 unspecified atom stereocenters. The number of carbonyl (C=O) groups is 1. The van der Waals surface area contributed by atoms with E-state index in [0.717, 1.165) is 23.7 Å². The molecule has 0 aliphatic carbocycles. The first kappa shape index (κ1) is 20.0. The van der Waals surface area contributed by atoms with E-state index < -0.39 is 12.5 Å². The molecule has 0 bridgehead atoms. The van der Waals surface area contributed by atoms with Gasteiger partial charge in [0.05, 0.1) is 25.2 Å². The predicted molar refractivity (Wildman–Crippen MR) is 106 cm³/mol. The Labute approximate surface area is 163 Å². The molecule has 0 saturated heterocycles. The number of halogens is 2. The van der Waals surface area contributed by atoms with E-state index in [1.807, 2.05) is 37.3 Å². The van der Waals surface area contributed by atoms with Crippen molar-refractivity contribution in [2.75, 3.05) is 19.7 Å². The van der Waals surface area contributed by atoms with Gasteiger partial charge in [0.2, 0.25) is 5.91 Å². The number of alkyl halides is 2. The second kappa shape index (κ2) is 8.97. The smallest absolute Gasteiger partial charge is 0.285 e. The molecule has 0 amide bonds. The lowest BCUT2D eigenvalue weighted by Crippen LogP contribution is -2.35. The monoisotopic (exact) mass is 386 g/mol. The minimum atomic E-state index is -3.11. The first-order chi connectivity index (χ1) is 13.5. The number of hydrogen-bond donors (Lipinski definition) is 1. The largest absolute Gasteiger partial charge is 0.494 e. The number of para-hydroxylation sites is 1. The summed E-state index contributed by atoms with van der Waals surface area (Å²) < 4.78 is 36.0. The summed E-state index contributed by atoms with van der Waals surface area (Å²) in [5, 5.41) is 3.52. The summed E-state index contributed by atoms with van der Waals surface area (Å²) in [7, 11) is 0. The third-order valence-electron chi connectivity index (χ3n) is 4.51. The van der Waals surface area contributed by atoms with Crippen molar-refractivity contribution in [1.29, 1.82) is 0 Å². The standard InChI is InChI=1S/C22H24F2N2O2/c1-2-3-13-28-19-9-6-8-18(14-19)22(23,24)16-25-15-21(27)26-12-11-17-7-4-5-10-20(17)26/h4-12,14,25H,2-3,13,15-16H2,1H3. The van der Waals surface area contributed by atoms with E-state index in [1.54, 1.807) is 18.3 Å². The Balaban J connectivity index is 1.59. The van der Waals surface area contributed by atoms with Gasteiger partial charge < -0.3 is 10.1 Å². The number of ether oxygens (including phenoxy) is 1. The molecule has 0 spiro atoms. The van der Waals surface area contributed by atoms with Gasteiger partial charge in [-0.15, -0.1) is 0 Å². The summed E-state index contributed by atoms with van der Waals surface area (Å²) in [6.07, 6.45) is 3.51. The first-order valence-electron chi connectivity index (χ1n) is 9.42. The fraction of sp³-hybridized carbons (Fsp3) is 0.318. The molecular formula is C22H24F2N2O2. The number of nitrogens with one attached hydrogen (secondary N) is 1. The van der Waals surface area contributed by atoms with E-state index in [2.05, 4.69) is 5.32 Å². The van der Waals surface area contributed by atoms with Crippen molar-refractivity contribution in [2.45, 2.75) is 25.7 Å². The normalized spacial score (nSPS) is 11.7. The minimum absolute atomic E-state index is 0.132. The fourth-order valence-corrected chi connectivity index (χ4v) is 2.96. The van der Waals surface area contributed by atoms with Crippen molar-refractivity contribution in [2.24, 2.45) is 0 Å². The van der Waals surface area contributed by atoms with Crippen molar-refractivity contribution in [1.82, 2.24) is 9.88 Å². The van der Waals surface area contributed by atoms with Crippen LogP contribution in [0.5, 0.6) is 5.75 Å². The third kappa shape index (κ3) is 4.75. The Kier molecular flexibility index (Phi) is 6.41. The van der Waals surface area contributed by atoms with Gasteiger partial charge in [0.25, 0.3) is 5.92 Å². The average molecular weight is 386 g/mol. The molecule has 148 valence electrons. The molecule has 0 radical (unpaired) electrons. The highest BCUT2D eigenvalue weighted by molar-refractivity contribution is 5.93. The van der Waals surface area contributed by atoms with Gasteiger partial charge in [-0.2, -0.15) is 8.78 Å². The van der Waals surface area contributed by atoms with Gasteiger partial charge in [0.1, 0.15) is 5.75 Å². The second-order valence-corrected chi connectivity index (χ2v) is 6.68. The van der Waals surface area contributed by atoms with Crippen LogP contribution in [0.1, 0.15) is 30.1 Å². The van der Waals surface area contributed by atoms with E-state index in [-0.39, 0.29) is 18.0 Å². The summed E-state index contributed by atoms with van der Waals surface area (Å²) in [5.41, 5.74) is 0.630. The zero-order valence-electron chi connectivity index (χ0n) is 15.8. The minimum Gasteiger partial charge on any atom is -0.494 e. The Morgan fingerprint density at radius 2 is 1.96 bits per heavy atom. The van der Waals surface area contributed by atoms with Crippen LogP contribution >= 0.6 is 0 Å². The van der Waals surface area contributed by atoms with Crippen LogP contribution in [0, 0.1) is 0 Å². The molecule has 3 aromatic rings. The van der Waals surface area contributed by atoms with Crippen LogP contribution in [0.25, 0.3) is 10.9 Å². The summed E-state index contributed by atoms with van der Waals surface area (Å²) in [6.45, 7) is 1.73. The number of unbranched alkanes of at least 4 members (excludes halogenated alkanes) is 1. The van der Waals surface area contributed by atoms with Crippen molar-refractivity contribution in [3.8, 4) is 5.75 Å². The number of fused-ring (bicyclic) bond motifs is 1. The SMILES string of the molecule is CCCCOc1cccc(C(F)(F)CNCC(=O)n2ccc3ccccc32)c1. The van der Waals surface area contributed by atoms with E-state index in [0.29, 0.717) is 12.4 Å². The van der Waals surface area contributed by atoms with Crippen molar-refractivity contribution in [3.63, 3.8) is 0 Å². The maximum absolute atomic E-state index is 14.5. The lowest BCUT2D eigenvalue weighted by molar-refractivity contribution is -0.00289. The van der Waals surface area contributed by atoms with Gasteiger partial charge in [0.15, 0.2) is 0 Å². The van der Waals surface area contributed by atoms with Crippen LogP contribution < -0.4 is 10.1 Å². The maximum Gasteiger partial charge on any atom is 0.285 e. The zero-order valence-corrected chi connectivity index (χ0v) is 15.8. The third-order valence-corrected chi connectivity index (χ3v) is 4.51. The summed E-state index contributed by atoms with van der Waals surface area (Å²) >= 11 is 0. The Hall–Kier alpha value is -2.73. The van der Waals surface area contributed by atoms with Crippen LogP contribution in [0.4, 0.5) is 8.78 Å². The molecule has 1 N–H and O–H groups in total. The lowest BCUT2D eigenvalue weighted by atomic mass is 10.1. The van der Waals surface area contributed by atoms with Crippen molar-refractivity contribution in [3.05, 3.63) is 66.4 Å². The number of rotatable bonds is 9. The number of aromatic nitrogens is 1. The van der Waals surface area contributed by atoms with Gasteiger partial charge in [0, 0.05) is 17.1 Å². The van der Waals surface area contributed by atoms with Gasteiger partial charge in [-0.25, -0.2) is 0 Å². The topological polar surface area (TPSA) is 43.3 Å². The van der Waals surface area contributed by atoms with Crippen LogP contribution in [-0.4, -0.2) is 30.2 Å². The number of nitrogens with zero attached hydrogens (tertiary/aromatic N) is 1. The fourth-order valence-electron chi connectivity index (χ4n) is 2.96. The lowest BCUT2D eigenvalue weighted by Gasteiger charge is -2.18. The van der Waals surface area contributed by atoms with Gasteiger partial charge in [-0.05, 0) is 30.7 Å². The van der Waals surface area contributed by atoms with Crippen LogP contribution in [0.3, 0.4) is 0 Å². The zero-order chi connectivity index (χ0) is 20.0. The van der Waals surface area contributed by atoms with Crippen LogP contribution in [0.2, 0.25) is 0 Å². The molecule has 28 heavy (non-hydrogen) atoms. The molecule has 2 aromatic carbocycles. The summed E-state index contributed by atoms with van der Waals surface area (Å²) in [6, 6.07) is 15.2. The molecule has 3 rings (SSSR count). The highest BCUT2D eigenvalue weighted by atomic mass is 19.3. The van der Waals surface area contributed by atoms with E-state index in [1.165, 1.54) is 16.7 Å². The number of hydrogen-bond acceptors (Lipinski definition) is 3. The molecule has 0 aliphatic rings. The van der Waals surface area contributed by atoms with Crippen molar-refractivity contribution >= 4 is 16.8 Å². The maximum atomic E-state index is 14.5. The van der Waals surface area contributed by atoms with Crippen molar-refractivity contribution < 1.29 is 18.3 Å². The first-order valence-corrected chi connectivity index (χ1v) is 9.42. The Bertz CT molecular complexity index is 937. The molecule has 0 atom stereocenters. The molecule has 0 aliphatic heterocycles. The van der Waals surface area contributed by atoms with Crippen LogP contribution in [0.15, 0.2) is 60.8 Å². The number of carbonyl (C=O) groups excluding carboxylic acids is 1. The van der Waals surface area contributed by atoms with Crippen LogP contribution in [-0.2, 0) is 5.92 Å². The molecule has 6 heteroatoms. The highest BCUT2D eigenvalue weighted by Gasteiger charge is 2.31. The summed E-state index contributed by atoms with van der Waals surface area (Å²) in [4.78, 5) is 12.4. The van der Waals surface area contributed by atoms with Gasteiger partial charge in [-0.1, -0.05) is 43.7 Å². The Morgan fingerprint density at radius 3 is 2.79 bits per heavy atom. The molecule has 1 heterocycles. The highest BCUT2D eigenvalue weighted by Crippen LogP contribution is 2.29. The number of benzene rings is 2. The predicted octanol–water partition coefficient (Wildman–Crippen LogP) is 4.84. The molecule has 1 aromatic heterocycles. The second-order valence-electron chi connectivity index (χ2n) is 6.68. The molecule has 0 saturated carbocycles. The molecule has 4 nitrogen and oxygen atoms in total. The molecular weight excluding hydrogens is 362 g/mol. The molecule has 0 fully saturated rings. The van der Waals surface area contributed by atoms with Gasteiger partial charge in [-0.3, -0.25) is 9.36 Å². The Morgan fingerprint density at radius 1 is 1.14 bits per heavy atom. The quantitative estimate of drug-likeness (QED) is 0.535.